The van der Waals surface area contributed by atoms with Crippen molar-refractivity contribution in [2.24, 2.45) is 5.92 Å². The fourth-order valence-electron chi connectivity index (χ4n) is 4.49. The summed E-state index contributed by atoms with van der Waals surface area (Å²) in [5, 5.41) is 18.4. The zero-order chi connectivity index (χ0) is 25.8. The molecule has 0 bridgehead atoms. The second-order valence-electron chi connectivity index (χ2n) is 9.45. The van der Waals surface area contributed by atoms with Gasteiger partial charge in [-0.3, -0.25) is 9.89 Å². The largest absolute Gasteiger partial charge is 0.507 e. The van der Waals surface area contributed by atoms with Gasteiger partial charge >= 0.3 is 0 Å². The van der Waals surface area contributed by atoms with Crippen LogP contribution < -0.4 is 9.47 Å². The lowest BCUT2D eigenvalue weighted by Crippen LogP contribution is -2.30. The van der Waals surface area contributed by atoms with E-state index in [-0.39, 0.29) is 11.7 Å². The van der Waals surface area contributed by atoms with Crippen LogP contribution in [0.25, 0.3) is 11.3 Å². The number of aromatic amines is 1. The molecule has 1 aliphatic heterocycles. The zero-order valence-electron chi connectivity index (χ0n) is 21.3. The number of amides is 1. The number of phenolic OH excluding ortho intramolecular Hbond substituents is 1. The summed E-state index contributed by atoms with van der Waals surface area (Å²) in [6.45, 7) is 10.1. The average molecular weight is 512 g/mol. The molecule has 1 unspecified atom stereocenters. The van der Waals surface area contributed by atoms with Gasteiger partial charge in [0.15, 0.2) is 11.5 Å². The number of nitrogens with one attached hydrogen (secondary N) is 1. The highest BCUT2D eigenvalue weighted by Crippen LogP contribution is 2.46. The van der Waals surface area contributed by atoms with Crippen molar-refractivity contribution in [3.05, 3.63) is 58.2 Å². The molecule has 3 aromatic rings. The van der Waals surface area contributed by atoms with Crippen molar-refractivity contribution in [1.29, 1.82) is 0 Å². The number of benzene rings is 2. The minimum atomic E-state index is -0.393. The molecule has 1 atom stereocenters. The average Bonchev–Trinajstić information content (AvgIpc) is 3.39. The molecule has 1 aliphatic rings. The Morgan fingerprint density at radius 3 is 2.67 bits per heavy atom. The number of fused-ring (bicyclic) bond motifs is 1. The van der Waals surface area contributed by atoms with Crippen LogP contribution in [0.2, 0.25) is 5.02 Å². The van der Waals surface area contributed by atoms with E-state index in [1.165, 1.54) is 6.07 Å². The first-order valence-corrected chi connectivity index (χ1v) is 13.0. The van der Waals surface area contributed by atoms with Crippen LogP contribution in [0.1, 0.15) is 74.6 Å². The molecule has 1 amide bonds. The summed E-state index contributed by atoms with van der Waals surface area (Å²) in [5.41, 5.74) is 3.04. The second-order valence-corrected chi connectivity index (χ2v) is 9.88. The quantitative estimate of drug-likeness (QED) is 0.302. The van der Waals surface area contributed by atoms with Crippen molar-refractivity contribution in [2.75, 3.05) is 19.8 Å². The maximum absolute atomic E-state index is 13.5. The lowest BCUT2D eigenvalue weighted by atomic mass is 9.95. The lowest BCUT2D eigenvalue weighted by molar-refractivity contribution is 0.0741. The number of H-pyrrole nitrogens is 1. The number of rotatable bonds is 11. The maximum Gasteiger partial charge on any atom is 0.273 e. The third kappa shape index (κ3) is 5.16. The molecule has 2 aromatic carbocycles. The molecule has 0 saturated heterocycles. The Morgan fingerprint density at radius 1 is 1.14 bits per heavy atom. The molecule has 36 heavy (non-hydrogen) atoms. The topological polar surface area (TPSA) is 87.7 Å². The highest BCUT2D eigenvalue weighted by Gasteiger charge is 2.42. The number of aromatic hydroxyl groups is 1. The molecule has 4 rings (SSSR count). The molecule has 192 valence electrons. The molecule has 0 saturated carbocycles. The molecule has 0 aliphatic carbocycles. The van der Waals surface area contributed by atoms with Gasteiger partial charge in [-0.15, -0.1) is 0 Å². The number of ether oxygens (including phenoxy) is 2. The number of carbonyl (C=O) groups excluding carboxylic acids is 1. The van der Waals surface area contributed by atoms with Crippen molar-refractivity contribution in [2.45, 2.75) is 53.0 Å². The van der Waals surface area contributed by atoms with Gasteiger partial charge in [0.2, 0.25) is 0 Å². The van der Waals surface area contributed by atoms with Gasteiger partial charge in [0, 0.05) is 22.7 Å². The molecule has 1 aromatic heterocycles. The van der Waals surface area contributed by atoms with Gasteiger partial charge in [0.05, 0.1) is 19.3 Å². The van der Waals surface area contributed by atoms with E-state index in [2.05, 4.69) is 31.0 Å². The number of halogens is 1. The van der Waals surface area contributed by atoms with Crippen LogP contribution in [0.5, 0.6) is 17.2 Å². The predicted octanol–water partition coefficient (Wildman–Crippen LogP) is 6.60. The number of hydrogen-bond acceptors (Lipinski definition) is 5. The number of unbranched alkanes of at least 4 members (excludes halogenated alkanes) is 1. The normalized spacial score (nSPS) is 15.0. The van der Waals surface area contributed by atoms with Crippen molar-refractivity contribution in [3.63, 3.8) is 0 Å². The van der Waals surface area contributed by atoms with E-state index in [1.54, 1.807) is 12.1 Å². The van der Waals surface area contributed by atoms with Crippen LogP contribution in [0.4, 0.5) is 0 Å². The van der Waals surface area contributed by atoms with E-state index in [0.29, 0.717) is 59.1 Å². The smallest absolute Gasteiger partial charge is 0.273 e. The van der Waals surface area contributed by atoms with Gasteiger partial charge in [0.25, 0.3) is 5.91 Å². The first-order chi connectivity index (χ1) is 17.3. The third-order valence-electron chi connectivity index (χ3n) is 6.37. The molecule has 0 spiro atoms. The summed E-state index contributed by atoms with van der Waals surface area (Å²) in [5.74, 6) is 1.81. The monoisotopic (exact) mass is 511 g/mol. The van der Waals surface area contributed by atoms with Gasteiger partial charge in [-0.05, 0) is 61.6 Å². The Balaban J connectivity index is 1.80. The Bertz CT molecular complexity index is 1220. The number of hydrogen-bond donors (Lipinski definition) is 2. The van der Waals surface area contributed by atoms with Gasteiger partial charge in [-0.25, -0.2) is 0 Å². The van der Waals surface area contributed by atoms with Crippen molar-refractivity contribution >= 4 is 17.5 Å². The molecule has 2 N–H and O–H groups in total. The summed E-state index contributed by atoms with van der Waals surface area (Å²) in [7, 11) is 0. The van der Waals surface area contributed by atoms with E-state index in [4.69, 9.17) is 21.1 Å². The van der Waals surface area contributed by atoms with Crippen LogP contribution in [0.15, 0.2) is 36.4 Å². The van der Waals surface area contributed by atoms with E-state index in [0.717, 1.165) is 30.4 Å². The first-order valence-electron chi connectivity index (χ1n) is 12.6. The van der Waals surface area contributed by atoms with Crippen molar-refractivity contribution in [3.8, 4) is 28.5 Å². The van der Waals surface area contributed by atoms with Crippen LogP contribution in [-0.4, -0.2) is 45.9 Å². The Morgan fingerprint density at radius 2 is 1.94 bits per heavy atom. The maximum atomic E-state index is 13.5. The highest BCUT2D eigenvalue weighted by molar-refractivity contribution is 6.31. The summed E-state index contributed by atoms with van der Waals surface area (Å²) >= 11 is 6.24. The molecule has 0 fully saturated rings. The standard InChI is InChI=1S/C28H34ClN3O4/c1-5-7-13-32-27(18-8-11-22(23(15-18)35-6-2)36-14-12-17(3)4)24-25(30-31-26(24)28(32)34)20-16-19(29)9-10-21(20)33/h8-11,15-17,27,33H,5-7,12-14H2,1-4H3,(H,30,31). The van der Waals surface area contributed by atoms with Gasteiger partial charge < -0.3 is 19.5 Å². The minimum absolute atomic E-state index is 0.0517. The van der Waals surface area contributed by atoms with E-state index in [1.807, 2.05) is 30.0 Å². The Labute approximate surface area is 217 Å². The van der Waals surface area contributed by atoms with Crippen molar-refractivity contribution in [1.82, 2.24) is 15.1 Å². The van der Waals surface area contributed by atoms with Crippen molar-refractivity contribution < 1.29 is 19.4 Å². The Kier molecular flexibility index (Phi) is 8.09. The third-order valence-corrected chi connectivity index (χ3v) is 6.60. The SMILES string of the molecule is CCCCN1C(=O)c2[nH]nc(-c3cc(Cl)ccc3O)c2C1c1ccc(OCCC(C)C)c(OCC)c1. The van der Waals surface area contributed by atoms with Crippen LogP contribution >= 0.6 is 11.6 Å². The fourth-order valence-corrected chi connectivity index (χ4v) is 4.66. The first kappa shape index (κ1) is 25.9. The molecule has 0 radical (unpaired) electrons. The highest BCUT2D eigenvalue weighted by atomic mass is 35.5. The Hall–Kier alpha value is -3.19. The number of carbonyl (C=O) groups is 1. The number of phenols is 1. The molecular weight excluding hydrogens is 478 g/mol. The summed E-state index contributed by atoms with van der Waals surface area (Å²) in [6, 6.07) is 10.3. The summed E-state index contributed by atoms with van der Waals surface area (Å²) in [6.07, 6.45) is 2.77. The summed E-state index contributed by atoms with van der Waals surface area (Å²) in [4.78, 5) is 15.3. The number of aromatic nitrogens is 2. The van der Waals surface area contributed by atoms with E-state index >= 15 is 0 Å². The molecule has 2 heterocycles. The molecular formula is C28H34ClN3O4. The van der Waals surface area contributed by atoms with Gasteiger partial charge in [-0.2, -0.15) is 5.10 Å². The second kappa shape index (κ2) is 11.2. The minimum Gasteiger partial charge on any atom is -0.507 e. The summed E-state index contributed by atoms with van der Waals surface area (Å²) < 4.78 is 12.0. The predicted molar refractivity (Wildman–Crippen MR) is 141 cm³/mol. The van der Waals surface area contributed by atoms with Gasteiger partial charge in [0.1, 0.15) is 17.1 Å². The van der Waals surface area contributed by atoms with Gasteiger partial charge in [-0.1, -0.05) is 44.9 Å². The van der Waals surface area contributed by atoms with Crippen LogP contribution in [-0.2, 0) is 0 Å². The fraction of sp³-hybridized carbons (Fsp3) is 0.429. The molecule has 8 heteroatoms. The zero-order valence-corrected chi connectivity index (χ0v) is 22.1. The van der Waals surface area contributed by atoms with E-state index < -0.39 is 6.04 Å². The molecule has 7 nitrogen and oxygen atoms in total. The van der Waals surface area contributed by atoms with E-state index in [9.17, 15) is 9.90 Å². The van der Waals surface area contributed by atoms with Crippen LogP contribution in [0, 0.1) is 5.92 Å². The van der Waals surface area contributed by atoms with Crippen LogP contribution in [0.3, 0.4) is 0 Å². The number of nitrogens with zero attached hydrogens (tertiary/aromatic N) is 2. The lowest BCUT2D eigenvalue weighted by Gasteiger charge is -2.27.